The normalized spacial score (nSPS) is 17.7. The molecule has 1 aromatic carbocycles. The molecule has 0 amide bonds. The van der Waals surface area contributed by atoms with Gasteiger partial charge >= 0.3 is 0 Å². The Bertz CT molecular complexity index is 839. The van der Waals surface area contributed by atoms with Crippen LogP contribution in [0.5, 0.6) is 0 Å². The number of rotatable bonds is 4. The van der Waals surface area contributed by atoms with E-state index in [1.165, 1.54) is 5.56 Å². The van der Waals surface area contributed by atoms with Crippen molar-refractivity contribution < 1.29 is 4.52 Å². The van der Waals surface area contributed by atoms with Crippen LogP contribution in [0.25, 0.3) is 11.5 Å². The van der Waals surface area contributed by atoms with Crippen molar-refractivity contribution >= 4 is 12.4 Å². The molecule has 2 aromatic heterocycles. The molecule has 1 N–H and O–H groups in total. The van der Waals surface area contributed by atoms with E-state index in [4.69, 9.17) is 4.52 Å². The fourth-order valence-corrected chi connectivity index (χ4v) is 3.26. The molecule has 1 fully saturated rings. The SMILES string of the molecule is Cc1ccccc1-c1nc(CN2CCNCC2c2cccnc2)no1.Cl. The van der Waals surface area contributed by atoms with Crippen molar-refractivity contribution in [1.82, 2.24) is 25.3 Å². The van der Waals surface area contributed by atoms with E-state index < -0.39 is 0 Å². The molecule has 0 bridgehead atoms. The van der Waals surface area contributed by atoms with Crippen LogP contribution >= 0.6 is 12.4 Å². The minimum atomic E-state index is 0. The van der Waals surface area contributed by atoms with Crippen LogP contribution in [0, 0.1) is 6.92 Å². The van der Waals surface area contributed by atoms with E-state index >= 15 is 0 Å². The van der Waals surface area contributed by atoms with E-state index in [0.29, 0.717) is 18.3 Å². The quantitative estimate of drug-likeness (QED) is 0.760. The molecule has 6 nitrogen and oxygen atoms in total. The lowest BCUT2D eigenvalue weighted by Gasteiger charge is -2.35. The predicted octanol–water partition coefficient (Wildman–Crippen LogP) is 3.01. The predicted molar refractivity (Wildman–Crippen MR) is 102 cm³/mol. The largest absolute Gasteiger partial charge is 0.334 e. The van der Waals surface area contributed by atoms with E-state index in [1.807, 2.05) is 43.5 Å². The van der Waals surface area contributed by atoms with Gasteiger partial charge in [-0.1, -0.05) is 29.4 Å². The van der Waals surface area contributed by atoms with Gasteiger partial charge in [0.25, 0.3) is 5.89 Å². The van der Waals surface area contributed by atoms with Crippen LogP contribution in [-0.4, -0.2) is 39.7 Å². The maximum Gasteiger partial charge on any atom is 0.258 e. The fraction of sp³-hybridized carbons (Fsp3) is 0.316. The van der Waals surface area contributed by atoms with E-state index in [0.717, 1.165) is 30.8 Å². The molecule has 4 rings (SSSR count). The lowest BCUT2D eigenvalue weighted by atomic mass is 10.1. The Morgan fingerprint density at radius 3 is 2.92 bits per heavy atom. The van der Waals surface area contributed by atoms with E-state index in [9.17, 15) is 0 Å². The van der Waals surface area contributed by atoms with Crippen LogP contribution in [0.3, 0.4) is 0 Å². The first kappa shape index (κ1) is 18.5. The van der Waals surface area contributed by atoms with Crippen molar-refractivity contribution in [2.75, 3.05) is 19.6 Å². The smallest absolute Gasteiger partial charge is 0.258 e. The van der Waals surface area contributed by atoms with E-state index in [2.05, 4.69) is 31.4 Å². The first-order valence-corrected chi connectivity index (χ1v) is 8.54. The standard InChI is InChI=1S/C19H21N5O.ClH/c1-14-5-2-3-7-16(14)19-22-18(23-25-19)13-24-10-9-21-12-17(24)15-6-4-8-20-11-15;/h2-8,11,17,21H,9-10,12-13H2,1H3;1H. The Morgan fingerprint density at radius 2 is 2.12 bits per heavy atom. The second-order valence-corrected chi connectivity index (χ2v) is 6.31. The monoisotopic (exact) mass is 371 g/mol. The molecule has 3 aromatic rings. The molecule has 136 valence electrons. The van der Waals surface area contributed by atoms with Gasteiger partial charge in [0.15, 0.2) is 5.82 Å². The molecular formula is C19H22ClN5O. The molecule has 26 heavy (non-hydrogen) atoms. The minimum Gasteiger partial charge on any atom is -0.334 e. The Hall–Kier alpha value is -2.28. The molecule has 1 atom stereocenters. The number of aromatic nitrogens is 3. The summed E-state index contributed by atoms with van der Waals surface area (Å²) in [5, 5.41) is 7.65. The number of nitrogens with zero attached hydrogens (tertiary/aromatic N) is 4. The lowest BCUT2D eigenvalue weighted by molar-refractivity contribution is 0.148. The topological polar surface area (TPSA) is 67.1 Å². The van der Waals surface area contributed by atoms with Crippen LogP contribution in [-0.2, 0) is 6.54 Å². The van der Waals surface area contributed by atoms with Crippen molar-refractivity contribution in [2.24, 2.45) is 0 Å². The zero-order valence-electron chi connectivity index (χ0n) is 14.6. The first-order chi connectivity index (χ1) is 12.3. The van der Waals surface area contributed by atoms with Crippen LogP contribution in [0.2, 0.25) is 0 Å². The van der Waals surface area contributed by atoms with Crippen LogP contribution in [0.4, 0.5) is 0 Å². The minimum absolute atomic E-state index is 0. The summed E-state index contributed by atoms with van der Waals surface area (Å²) < 4.78 is 5.50. The number of hydrogen-bond acceptors (Lipinski definition) is 6. The number of piperazine rings is 1. The highest BCUT2D eigenvalue weighted by Crippen LogP contribution is 2.25. The summed E-state index contributed by atoms with van der Waals surface area (Å²) in [5.74, 6) is 1.30. The molecule has 0 saturated carbocycles. The summed E-state index contributed by atoms with van der Waals surface area (Å²) in [6.45, 7) is 5.51. The van der Waals surface area contributed by atoms with Crippen LogP contribution in [0.15, 0.2) is 53.3 Å². The van der Waals surface area contributed by atoms with Gasteiger partial charge in [0.1, 0.15) is 0 Å². The van der Waals surface area contributed by atoms with Gasteiger partial charge in [-0.2, -0.15) is 4.98 Å². The maximum absolute atomic E-state index is 5.50. The molecular weight excluding hydrogens is 350 g/mol. The molecule has 1 saturated heterocycles. The third-order valence-corrected chi connectivity index (χ3v) is 4.61. The van der Waals surface area contributed by atoms with E-state index in [-0.39, 0.29) is 18.4 Å². The summed E-state index contributed by atoms with van der Waals surface area (Å²) in [7, 11) is 0. The number of aryl methyl sites for hydroxylation is 1. The third-order valence-electron chi connectivity index (χ3n) is 4.61. The zero-order valence-corrected chi connectivity index (χ0v) is 15.4. The van der Waals surface area contributed by atoms with Gasteiger partial charge in [-0.3, -0.25) is 9.88 Å². The number of hydrogen-bond donors (Lipinski definition) is 1. The zero-order chi connectivity index (χ0) is 17.1. The van der Waals surface area contributed by atoms with Gasteiger partial charge in [-0.25, -0.2) is 0 Å². The molecule has 0 aliphatic carbocycles. The van der Waals surface area contributed by atoms with Crippen LogP contribution < -0.4 is 5.32 Å². The summed E-state index contributed by atoms with van der Waals surface area (Å²) >= 11 is 0. The molecule has 0 radical (unpaired) electrons. The van der Waals surface area contributed by atoms with Gasteiger partial charge < -0.3 is 9.84 Å². The Kier molecular flexibility index (Phi) is 5.98. The third kappa shape index (κ3) is 3.93. The van der Waals surface area contributed by atoms with Crippen molar-refractivity contribution in [1.29, 1.82) is 0 Å². The van der Waals surface area contributed by atoms with Gasteiger partial charge in [0, 0.05) is 43.6 Å². The van der Waals surface area contributed by atoms with E-state index in [1.54, 1.807) is 6.20 Å². The van der Waals surface area contributed by atoms with Gasteiger partial charge in [0.05, 0.1) is 6.54 Å². The summed E-state index contributed by atoms with van der Waals surface area (Å²) in [4.78, 5) is 11.2. The van der Waals surface area contributed by atoms with Gasteiger partial charge in [-0.15, -0.1) is 12.4 Å². The number of nitrogens with one attached hydrogen (secondary N) is 1. The van der Waals surface area contributed by atoms with Gasteiger partial charge in [-0.05, 0) is 30.2 Å². The molecule has 1 aliphatic rings. The second-order valence-electron chi connectivity index (χ2n) is 6.31. The first-order valence-electron chi connectivity index (χ1n) is 8.54. The molecule has 1 aliphatic heterocycles. The highest BCUT2D eigenvalue weighted by atomic mass is 35.5. The number of pyridine rings is 1. The average molecular weight is 372 g/mol. The highest BCUT2D eigenvalue weighted by molar-refractivity contribution is 5.85. The van der Waals surface area contributed by atoms with Gasteiger partial charge in [0.2, 0.25) is 0 Å². The fourth-order valence-electron chi connectivity index (χ4n) is 3.26. The maximum atomic E-state index is 5.50. The van der Waals surface area contributed by atoms with Crippen molar-refractivity contribution in [2.45, 2.75) is 19.5 Å². The second kappa shape index (κ2) is 8.40. The lowest BCUT2D eigenvalue weighted by Crippen LogP contribution is -2.45. The van der Waals surface area contributed by atoms with Crippen LogP contribution in [0.1, 0.15) is 23.0 Å². The molecule has 1 unspecified atom stereocenters. The van der Waals surface area contributed by atoms with Crippen molar-refractivity contribution in [3.8, 4) is 11.5 Å². The van der Waals surface area contributed by atoms with Crippen molar-refractivity contribution in [3.05, 3.63) is 65.7 Å². The molecule has 7 heteroatoms. The number of halogens is 1. The average Bonchev–Trinajstić information content (AvgIpc) is 3.11. The number of benzene rings is 1. The highest BCUT2D eigenvalue weighted by Gasteiger charge is 2.25. The summed E-state index contributed by atoms with van der Waals surface area (Å²) in [6.07, 6.45) is 3.73. The summed E-state index contributed by atoms with van der Waals surface area (Å²) in [5.41, 5.74) is 3.33. The Balaban J connectivity index is 0.00000196. The summed E-state index contributed by atoms with van der Waals surface area (Å²) in [6, 6.07) is 12.4. The molecule has 0 spiro atoms. The Morgan fingerprint density at radius 1 is 1.23 bits per heavy atom. The van der Waals surface area contributed by atoms with Crippen molar-refractivity contribution in [3.63, 3.8) is 0 Å². The molecule has 3 heterocycles. The Labute approximate surface area is 159 Å².